The quantitative estimate of drug-likeness (QED) is 0.514. The molecule has 234 valence electrons. The van der Waals surface area contributed by atoms with Gasteiger partial charge in [0.1, 0.15) is 17.7 Å². The van der Waals surface area contributed by atoms with Gasteiger partial charge >= 0.3 is 6.09 Å². The van der Waals surface area contributed by atoms with Crippen LogP contribution in [0.4, 0.5) is 4.79 Å². The molecule has 7 atom stereocenters. The molecule has 3 aliphatic heterocycles. The Balaban J connectivity index is 0.00000207. The lowest BCUT2D eigenvalue weighted by atomic mass is 10.0. The smallest absolute Gasteiger partial charge is 0.408 e. The third-order valence-electron chi connectivity index (χ3n) is 8.69. The van der Waals surface area contributed by atoms with Crippen molar-refractivity contribution < 1.29 is 23.9 Å². The number of piperidine rings is 1. The van der Waals surface area contributed by atoms with Gasteiger partial charge in [-0.15, -0.1) is 0 Å². The molecule has 43 heavy (non-hydrogen) atoms. The molecule has 4 amide bonds. The largest absolute Gasteiger partial charge is 0.444 e. The molecule has 5 rings (SSSR count). The SMILES string of the molecule is CC.CC(c1ccc(C(=O)N(C)C)cc1)N1C(=O)C2C[C@H]1CN2CC(NC(=O)OC(C)(C)C)C(=O)N1C(C#N)CC2CC21. The van der Waals surface area contributed by atoms with E-state index in [-0.39, 0.29) is 42.4 Å². The van der Waals surface area contributed by atoms with Crippen LogP contribution in [0.15, 0.2) is 24.3 Å². The van der Waals surface area contributed by atoms with Crippen molar-refractivity contribution in [3.05, 3.63) is 35.4 Å². The second-order valence-electron chi connectivity index (χ2n) is 13.0. The molecule has 0 spiro atoms. The summed E-state index contributed by atoms with van der Waals surface area (Å²) in [5.74, 6) is -0.0306. The minimum Gasteiger partial charge on any atom is -0.444 e. The van der Waals surface area contributed by atoms with E-state index in [0.717, 1.165) is 12.0 Å². The van der Waals surface area contributed by atoms with Crippen molar-refractivity contribution >= 4 is 23.8 Å². The van der Waals surface area contributed by atoms with Crippen LogP contribution in [0.2, 0.25) is 0 Å². The maximum absolute atomic E-state index is 13.8. The molecule has 1 saturated carbocycles. The Morgan fingerprint density at radius 2 is 1.77 bits per heavy atom. The fourth-order valence-electron chi connectivity index (χ4n) is 6.66. The zero-order valence-electron chi connectivity index (χ0n) is 26.7. The summed E-state index contributed by atoms with van der Waals surface area (Å²) in [5, 5.41) is 12.4. The van der Waals surface area contributed by atoms with Crippen LogP contribution in [-0.4, -0.2) is 106 Å². The maximum atomic E-state index is 13.8. The molecule has 11 heteroatoms. The van der Waals surface area contributed by atoms with Gasteiger partial charge in [0.2, 0.25) is 11.8 Å². The molecule has 2 bridgehead atoms. The van der Waals surface area contributed by atoms with E-state index in [1.165, 1.54) is 4.90 Å². The fourth-order valence-corrected chi connectivity index (χ4v) is 6.66. The molecule has 4 fully saturated rings. The molecule has 3 saturated heterocycles. The number of hydrogen-bond donors (Lipinski definition) is 1. The number of hydrogen-bond acceptors (Lipinski definition) is 7. The summed E-state index contributed by atoms with van der Waals surface area (Å²) in [6, 6.07) is 7.62. The van der Waals surface area contributed by atoms with Crippen LogP contribution in [0.25, 0.3) is 0 Å². The maximum Gasteiger partial charge on any atom is 0.408 e. The van der Waals surface area contributed by atoms with E-state index in [1.54, 1.807) is 51.9 Å². The first-order chi connectivity index (χ1) is 20.3. The van der Waals surface area contributed by atoms with Crippen molar-refractivity contribution in [2.24, 2.45) is 5.92 Å². The van der Waals surface area contributed by atoms with Gasteiger partial charge in [0.25, 0.3) is 5.91 Å². The van der Waals surface area contributed by atoms with E-state index in [2.05, 4.69) is 11.4 Å². The Morgan fingerprint density at radius 3 is 2.33 bits per heavy atom. The number of piperazine rings is 1. The molecule has 1 aliphatic carbocycles. The highest BCUT2D eigenvalue weighted by atomic mass is 16.6. The van der Waals surface area contributed by atoms with Gasteiger partial charge in [-0.1, -0.05) is 26.0 Å². The topological polar surface area (TPSA) is 126 Å². The number of ether oxygens (including phenoxy) is 1. The normalized spacial score (nSPS) is 27.0. The van der Waals surface area contributed by atoms with Crippen LogP contribution in [0.3, 0.4) is 0 Å². The van der Waals surface area contributed by atoms with Crippen molar-refractivity contribution in [2.45, 2.75) is 103 Å². The summed E-state index contributed by atoms with van der Waals surface area (Å²) in [5.41, 5.74) is 0.802. The van der Waals surface area contributed by atoms with E-state index < -0.39 is 29.8 Å². The fraction of sp³-hybridized carbons (Fsp3) is 0.656. The Hall–Kier alpha value is -3.65. The van der Waals surface area contributed by atoms with Crippen molar-refractivity contribution in [1.29, 1.82) is 5.26 Å². The Labute approximate surface area is 255 Å². The summed E-state index contributed by atoms with van der Waals surface area (Å²) in [4.78, 5) is 59.4. The molecule has 1 aromatic carbocycles. The van der Waals surface area contributed by atoms with E-state index >= 15 is 0 Å². The highest BCUT2D eigenvalue weighted by molar-refractivity contribution is 5.94. The lowest BCUT2D eigenvalue weighted by molar-refractivity contribution is -0.141. The van der Waals surface area contributed by atoms with Crippen LogP contribution in [0.5, 0.6) is 0 Å². The number of carbonyl (C=O) groups excluding carboxylic acids is 4. The number of fused-ring (bicyclic) bond motifs is 3. The minimum atomic E-state index is -0.931. The molecular weight excluding hydrogens is 548 g/mol. The summed E-state index contributed by atoms with van der Waals surface area (Å²) < 4.78 is 5.45. The number of carbonyl (C=O) groups is 4. The molecule has 3 heterocycles. The van der Waals surface area contributed by atoms with E-state index in [9.17, 15) is 24.4 Å². The number of benzene rings is 1. The Bertz CT molecular complexity index is 1270. The third kappa shape index (κ3) is 6.64. The first-order valence-corrected chi connectivity index (χ1v) is 15.4. The summed E-state index contributed by atoms with van der Waals surface area (Å²) in [7, 11) is 3.42. The van der Waals surface area contributed by atoms with E-state index in [4.69, 9.17) is 4.74 Å². The van der Waals surface area contributed by atoms with Gasteiger partial charge in [-0.2, -0.15) is 5.26 Å². The Morgan fingerprint density at radius 1 is 1.12 bits per heavy atom. The number of nitrogens with one attached hydrogen (secondary N) is 1. The number of rotatable bonds is 7. The number of amides is 4. The molecule has 0 radical (unpaired) electrons. The first kappa shape index (κ1) is 32.3. The van der Waals surface area contributed by atoms with Crippen LogP contribution >= 0.6 is 0 Å². The number of nitrogens with zero attached hydrogens (tertiary/aromatic N) is 5. The second-order valence-corrected chi connectivity index (χ2v) is 13.0. The highest BCUT2D eigenvalue weighted by Crippen LogP contribution is 2.48. The van der Waals surface area contributed by atoms with Gasteiger partial charge in [-0.05, 0) is 70.6 Å². The average Bonchev–Trinajstić information content (AvgIpc) is 3.28. The predicted octanol–water partition coefficient (Wildman–Crippen LogP) is 3.17. The van der Waals surface area contributed by atoms with Gasteiger partial charge in [-0.25, -0.2) is 4.79 Å². The average molecular weight is 595 g/mol. The van der Waals surface area contributed by atoms with Crippen LogP contribution in [0, 0.1) is 17.2 Å². The highest BCUT2D eigenvalue weighted by Gasteiger charge is 2.56. The first-order valence-electron chi connectivity index (χ1n) is 15.4. The van der Waals surface area contributed by atoms with E-state index in [0.29, 0.717) is 30.9 Å². The van der Waals surface area contributed by atoms with Gasteiger partial charge in [-0.3, -0.25) is 19.3 Å². The molecule has 1 aromatic rings. The summed E-state index contributed by atoms with van der Waals surface area (Å²) in [6.45, 7) is 12.0. The zero-order valence-corrected chi connectivity index (χ0v) is 26.7. The van der Waals surface area contributed by atoms with E-state index in [1.807, 2.05) is 42.7 Å². The number of likely N-dealkylation sites (tertiary alicyclic amines) is 3. The predicted molar refractivity (Wildman–Crippen MR) is 161 cm³/mol. The lowest BCUT2D eigenvalue weighted by Gasteiger charge is -2.39. The summed E-state index contributed by atoms with van der Waals surface area (Å²) in [6.07, 6.45) is 1.49. The van der Waals surface area contributed by atoms with Gasteiger partial charge in [0.05, 0.1) is 18.2 Å². The minimum absolute atomic E-state index is 0.0102. The Kier molecular flexibility index (Phi) is 9.40. The summed E-state index contributed by atoms with van der Waals surface area (Å²) >= 11 is 0. The standard InChI is InChI=1S/C30H40N6O5.C2H6/c1-17(18-7-9-19(10-8-18)26(37)33(5)6)35-22-13-25(28(35)39)34(15-22)16-23(32-29(40)41-30(2,3)4)27(38)36-21(14-31)11-20-12-24(20)36;1-2/h7-10,17,20-25H,11-13,15-16H2,1-6H3,(H,32,40);1-2H3/t17?,20?,21?,22-,23?,24?,25?;/m0./s1. The third-order valence-corrected chi connectivity index (χ3v) is 8.69. The molecule has 6 unspecified atom stereocenters. The van der Waals surface area contributed by atoms with Crippen molar-refractivity contribution in [3.63, 3.8) is 0 Å². The van der Waals surface area contributed by atoms with Gasteiger partial charge in [0.15, 0.2) is 0 Å². The van der Waals surface area contributed by atoms with Crippen molar-refractivity contribution in [2.75, 3.05) is 27.2 Å². The molecule has 0 aromatic heterocycles. The molecule has 1 N–H and O–H groups in total. The van der Waals surface area contributed by atoms with Crippen molar-refractivity contribution in [1.82, 2.24) is 24.9 Å². The van der Waals surface area contributed by atoms with Gasteiger partial charge in [0, 0.05) is 44.8 Å². The molecule has 4 aliphatic rings. The molecule has 11 nitrogen and oxygen atoms in total. The monoisotopic (exact) mass is 594 g/mol. The number of alkyl carbamates (subject to hydrolysis) is 1. The van der Waals surface area contributed by atoms with Crippen LogP contribution < -0.4 is 5.32 Å². The zero-order chi connectivity index (χ0) is 31.8. The lowest BCUT2D eigenvalue weighted by Crippen LogP contribution is -2.59. The second kappa shape index (κ2) is 12.5. The van der Waals surface area contributed by atoms with Crippen molar-refractivity contribution in [3.8, 4) is 6.07 Å². The molecular formula is C32H46N6O5. The number of nitriles is 1. The van der Waals surface area contributed by atoms with Crippen LogP contribution in [-0.2, 0) is 14.3 Å². The van der Waals surface area contributed by atoms with Gasteiger partial charge < -0.3 is 24.8 Å². The van der Waals surface area contributed by atoms with Crippen LogP contribution in [0.1, 0.15) is 82.8 Å².